The highest BCUT2D eigenvalue weighted by Gasteiger charge is 2.52. The maximum atomic E-state index is 12.7. The zero-order valence-corrected chi connectivity index (χ0v) is 11.9. The molecule has 0 aromatic carbocycles. The van der Waals surface area contributed by atoms with Crippen LogP contribution in [0.3, 0.4) is 0 Å². The molecule has 0 saturated heterocycles. The highest BCUT2D eigenvalue weighted by Crippen LogP contribution is 2.48. The first kappa shape index (κ1) is 14.1. The number of carbonyl (C=O) groups is 2. The summed E-state index contributed by atoms with van der Waals surface area (Å²) in [6.45, 7) is 6.69. The van der Waals surface area contributed by atoms with Crippen LogP contribution in [0.2, 0.25) is 0 Å². The van der Waals surface area contributed by atoms with E-state index in [2.05, 4.69) is 6.92 Å². The van der Waals surface area contributed by atoms with Gasteiger partial charge in [0.1, 0.15) is 0 Å². The molecule has 2 bridgehead atoms. The van der Waals surface area contributed by atoms with Crippen LogP contribution in [0.5, 0.6) is 0 Å². The van der Waals surface area contributed by atoms with Gasteiger partial charge in [-0.25, -0.2) is 0 Å². The number of allylic oxidation sites excluding steroid dienone is 2. The van der Waals surface area contributed by atoms with E-state index < -0.39 is 11.9 Å². The van der Waals surface area contributed by atoms with Crippen molar-refractivity contribution in [2.24, 2.45) is 23.7 Å². The van der Waals surface area contributed by atoms with Gasteiger partial charge in [-0.3, -0.25) is 9.59 Å². The monoisotopic (exact) mass is 265 g/mol. The van der Waals surface area contributed by atoms with Gasteiger partial charge >= 0.3 is 5.97 Å². The van der Waals surface area contributed by atoms with Crippen molar-refractivity contribution in [2.45, 2.75) is 39.7 Å². The van der Waals surface area contributed by atoms with Crippen LogP contribution in [-0.4, -0.2) is 34.5 Å². The van der Waals surface area contributed by atoms with Gasteiger partial charge in [0.05, 0.1) is 11.8 Å². The largest absolute Gasteiger partial charge is 0.481 e. The third kappa shape index (κ3) is 2.28. The SMILES string of the molecule is CCC(C)N(CC)C(=O)C1C2C=CC(C2)C1C(=O)O. The van der Waals surface area contributed by atoms with Crippen LogP contribution >= 0.6 is 0 Å². The van der Waals surface area contributed by atoms with Crippen LogP contribution in [0.1, 0.15) is 33.6 Å². The Morgan fingerprint density at radius 1 is 1.26 bits per heavy atom. The molecule has 2 rings (SSSR count). The van der Waals surface area contributed by atoms with E-state index in [0.717, 1.165) is 12.8 Å². The highest BCUT2D eigenvalue weighted by atomic mass is 16.4. The molecule has 2 aliphatic rings. The first-order chi connectivity index (χ1) is 9.01. The van der Waals surface area contributed by atoms with Crippen LogP contribution in [0.25, 0.3) is 0 Å². The molecule has 0 aliphatic heterocycles. The van der Waals surface area contributed by atoms with Crippen molar-refractivity contribution in [3.63, 3.8) is 0 Å². The summed E-state index contributed by atoms with van der Waals surface area (Å²) in [5.74, 6) is -1.51. The van der Waals surface area contributed by atoms with Crippen LogP contribution in [-0.2, 0) is 9.59 Å². The van der Waals surface area contributed by atoms with Gasteiger partial charge in [-0.2, -0.15) is 0 Å². The number of hydrogen-bond donors (Lipinski definition) is 1. The lowest BCUT2D eigenvalue weighted by Gasteiger charge is -2.33. The Morgan fingerprint density at radius 3 is 2.32 bits per heavy atom. The quantitative estimate of drug-likeness (QED) is 0.775. The molecular weight excluding hydrogens is 242 g/mol. The van der Waals surface area contributed by atoms with Gasteiger partial charge in [0, 0.05) is 12.6 Å². The Bertz CT molecular complexity index is 404. The lowest BCUT2D eigenvalue weighted by Crippen LogP contribution is -2.46. The van der Waals surface area contributed by atoms with Gasteiger partial charge in [-0.1, -0.05) is 19.1 Å². The lowest BCUT2D eigenvalue weighted by molar-refractivity contribution is -0.151. The molecule has 5 unspecified atom stereocenters. The van der Waals surface area contributed by atoms with Crippen molar-refractivity contribution in [1.29, 1.82) is 0 Å². The second-order valence-corrected chi connectivity index (χ2v) is 5.72. The van der Waals surface area contributed by atoms with Gasteiger partial charge in [0.2, 0.25) is 5.91 Å². The van der Waals surface area contributed by atoms with Crippen LogP contribution in [0.4, 0.5) is 0 Å². The number of aliphatic carboxylic acids is 1. The van der Waals surface area contributed by atoms with Crippen LogP contribution in [0.15, 0.2) is 12.2 Å². The van der Waals surface area contributed by atoms with Crippen LogP contribution < -0.4 is 0 Å². The number of rotatable bonds is 5. The molecular formula is C15H23NO3. The molecule has 1 N–H and O–H groups in total. The zero-order valence-electron chi connectivity index (χ0n) is 11.9. The molecule has 0 radical (unpaired) electrons. The molecule has 5 atom stereocenters. The van der Waals surface area contributed by atoms with Gasteiger partial charge in [0.15, 0.2) is 0 Å². The van der Waals surface area contributed by atoms with E-state index >= 15 is 0 Å². The topological polar surface area (TPSA) is 57.6 Å². The number of nitrogens with zero attached hydrogens (tertiary/aromatic N) is 1. The summed E-state index contributed by atoms with van der Waals surface area (Å²) in [5.41, 5.74) is 0. The Kier molecular flexibility index (Phi) is 3.97. The molecule has 2 aliphatic carbocycles. The lowest BCUT2D eigenvalue weighted by atomic mass is 9.82. The molecule has 0 heterocycles. The molecule has 4 nitrogen and oxygen atoms in total. The molecule has 19 heavy (non-hydrogen) atoms. The van der Waals surface area contributed by atoms with Gasteiger partial charge in [-0.15, -0.1) is 0 Å². The number of carbonyl (C=O) groups excluding carboxylic acids is 1. The Morgan fingerprint density at radius 2 is 1.84 bits per heavy atom. The minimum Gasteiger partial charge on any atom is -0.481 e. The Hall–Kier alpha value is -1.32. The normalized spacial score (nSPS) is 33.4. The second kappa shape index (κ2) is 5.35. The maximum Gasteiger partial charge on any atom is 0.307 e. The zero-order chi connectivity index (χ0) is 14.2. The molecule has 1 saturated carbocycles. The summed E-state index contributed by atoms with van der Waals surface area (Å²) >= 11 is 0. The predicted octanol–water partition coefficient (Wildman–Crippen LogP) is 2.16. The van der Waals surface area contributed by atoms with E-state index in [1.807, 2.05) is 30.9 Å². The smallest absolute Gasteiger partial charge is 0.307 e. The first-order valence-corrected chi connectivity index (χ1v) is 7.22. The van der Waals surface area contributed by atoms with Crippen molar-refractivity contribution >= 4 is 11.9 Å². The minimum atomic E-state index is -0.824. The summed E-state index contributed by atoms with van der Waals surface area (Å²) in [7, 11) is 0. The molecule has 1 fully saturated rings. The van der Waals surface area contributed by atoms with Crippen molar-refractivity contribution < 1.29 is 14.7 Å². The maximum absolute atomic E-state index is 12.7. The number of carboxylic acid groups (broad SMARTS) is 1. The van der Waals surface area contributed by atoms with Crippen molar-refractivity contribution in [2.75, 3.05) is 6.54 Å². The summed E-state index contributed by atoms with van der Waals surface area (Å²) in [6.07, 6.45) is 5.74. The number of carboxylic acids is 1. The standard InChI is InChI=1S/C15H23NO3/c1-4-9(3)16(5-2)14(17)12-10-6-7-11(8-10)13(12)15(18)19/h6-7,9-13H,4-5,8H2,1-3H3,(H,18,19). The first-order valence-electron chi connectivity index (χ1n) is 7.22. The van der Waals surface area contributed by atoms with E-state index in [1.54, 1.807) is 0 Å². The highest BCUT2D eigenvalue weighted by molar-refractivity contribution is 5.87. The summed E-state index contributed by atoms with van der Waals surface area (Å²) in [6, 6.07) is 0.176. The number of hydrogen-bond acceptors (Lipinski definition) is 2. The number of amides is 1. The fraction of sp³-hybridized carbons (Fsp3) is 0.733. The van der Waals surface area contributed by atoms with Gasteiger partial charge < -0.3 is 10.0 Å². The fourth-order valence-electron chi connectivity index (χ4n) is 3.59. The number of fused-ring (bicyclic) bond motifs is 2. The average Bonchev–Trinajstić information content (AvgIpc) is 2.98. The van der Waals surface area contributed by atoms with Gasteiger partial charge in [0.25, 0.3) is 0 Å². The molecule has 0 aromatic rings. The molecule has 0 aromatic heterocycles. The fourth-order valence-corrected chi connectivity index (χ4v) is 3.59. The van der Waals surface area contributed by atoms with E-state index in [9.17, 15) is 14.7 Å². The van der Waals surface area contributed by atoms with Crippen molar-refractivity contribution in [3.8, 4) is 0 Å². The van der Waals surface area contributed by atoms with Crippen molar-refractivity contribution in [1.82, 2.24) is 4.90 Å². The summed E-state index contributed by atoms with van der Waals surface area (Å²) in [5, 5.41) is 9.40. The van der Waals surface area contributed by atoms with E-state index in [1.165, 1.54) is 0 Å². The van der Waals surface area contributed by atoms with Crippen molar-refractivity contribution in [3.05, 3.63) is 12.2 Å². The summed E-state index contributed by atoms with van der Waals surface area (Å²) < 4.78 is 0. The third-order valence-corrected chi connectivity index (χ3v) is 4.78. The van der Waals surface area contributed by atoms with Crippen LogP contribution in [0, 0.1) is 23.7 Å². The van der Waals surface area contributed by atoms with Gasteiger partial charge in [-0.05, 0) is 38.5 Å². The van der Waals surface area contributed by atoms with E-state index in [-0.39, 0.29) is 29.7 Å². The molecule has 4 heteroatoms. The molecule has 0 spiro atoms. The summed E-state index contributed by atoms with van der Waals surface area (Å²) in [4.78, 5) is 26.0. The predicted molar refractivity (Wildman–Crippen MR) is 72.5 cm³/mol. The molecule has 106 valence electrons. The average molecular weight is 265 g/mol. The van der Waals surface area contributed by atoms with E-state index in [4.69, 9.17) is 0 Å². The minimum absolute atomic E-state index is 0.0288. The Labute approximate surface area is 114 Å². The third-order valence-electron chi connectivity index (χ3n) is 4.78. The Balaban J connectivity index is 2.22. The van der Waals surface area contributed by atoms with E-state index in [0.29, 0.717) is 6.54 Å². The second-order valence-electron chi connectivity index (χ2n) is 5.72. The molecule has 1 amide bonds.